The Hall–Kier alpha value is -1.06. The quantitative estimate of drug-likeness (QED) is 0.840. The molecule has 0 radical (unpaired) electrons. The summed E-state index contributed by atoms with van der Waals surface area (Å²) >= 11 is 0. The lowest BCUT2D eigenvalue weighted by Crippen LogP contribution is -2.35. The Balaban J connectivity index is 1.81. The number of ether oxygens (including phenoxy) is 1. The SMILES string of the molecule is Cc1cccc(C)c1OCCC(O)C1CCCN1. The Morgan fingerprint density at radius 2 is 2.11 bits per heavy atom. The zero-order valence-electron chi connectivity index (χ0n) is 11.3. The smallest absolute Gasteiger partial charge is 0.125 e. The zero-order chi connectivity index (χ0) is 13.0. The second-order valence-electron chi connectivity index (χ2n) is 5.13. The molecule has 0 aromatic heterocycles. The molecule has 1 fully saturated rings. The van der Waals surface area contributed by atoms with Gasteiger partial charge in [0, 0.05) is 12.5 Å². The van der Waals surface area contributed by atoms with E-state index in [2.05, 4.69) is 31.3 Å². The second-order valence-corrected chi connectivity index (χ2v) is 5.13. The van der Waals surface area contributed by atoms with Crippen LogP contribution in [0.4, 0.5) is 0 Å². The molecule has 2 N–H and O–H groups in total. The first-order valence-electron chi connectivity index (χ1n) is 6.79. The van der Waals surface area contributed by atoms with Crippen molar-refractivity contribution in [1.82, 2.24) is 5.32 Å². The second kappa shape index (κ2) is 6.21. The molecule has 1 aromatic carbocycles. The van der Waals surface area contributed by atoms with Gasteiger partial charge in [-0.15, -0.1) is 0 Å². The van der Waals surface area contributed by atoms with E-state index in [0.717, 1.165) is 29.8 Å². The van der Waals surface area contributed by atoms with Crippen molar-refractivity contribution in [3.8, 4) is 5.75 Å². The fraction of sp³-hybridized carbons (Fsp3) is 0.600. The standard InChI is InChI=1S/C15H23NO2/c1-11-5-3-6-12(2)15(11)18-10-8-14(17)13-7-4-9-16-13/h3,5-6,13-14,16-17H,4,7-10H2,1-2H3. The van der Waals surface area contributed by atoms with Crippen LogP contribution in [0.5, 0.6) is 5.75 Å². The van der Waals surface area contributed by atoms with Crippen LogP contribution in [0.25, 0.3) is 0 Å². The van der Waals surface area contributed by atoms with Crippen molar-refractivity contribution in [2.24, 2.45) is 0 Å². The molecule has 0 bridgehead atoms. The highest BCUT2D eigenvalue weighted by atomic mass is 16.5. The van der Waals surface area contributed by atoms with E-state index in [0.29, 0.717) is 13.0 Å². The van der Waals surface area contributed by atoms with Crippen LogP contribution in [0.3, 0.4) is 0 Å². The molecule has 3 heteroatoms. The first-order valence-corrected chi connectivity index (χ1v) is 6.79. The summed E-state index contributed by atoms with van der Waals surface area (Å²) in [5.74, 6) is 0.962. The molecule has 0 aliphatic carbocycles. The molecule has 0 amide bonds. The van der Waals surface area contributed by atoms with Gasteiger partial charge in [-0.1, -0.05) is 18.2 Å². The molecule has 3 nitrogen and oxygen atoms in total. The average molecular weight is 249 g/mol. The Kier molecular flexibility index (Phi) is 4.61. The monoisotopic (exact) mass is 249 g/mol. The topological polar surface area (TPSA) is 41.5 Å². The Morgan fingerprint density at radius 1 is 1.39 bits per heavy atom. The molecule has 1 heterocycles. The molecule has 100 valence electrons. The molecule has 1 aliphatic heterocycles. The minimum absolute atomic E-state index is 0.256. The summed E-state index contributed by atoms with van der Waals surface area (Å²) in [7, 11) is 0. The van der Waals surface area contributed by atoms with E-state index < -0.39 is 0 Å². The Morgan fingerprint density at radius 3 is 2.72 bits per heavy atom. The largest absolute Gasteiger partial charge is 0.493 e. The van der Waals surface area contributed by atoms with E-state index in [4.69, 9.17) is 4.74 Å². The molecule has 1 saturated heterocycles. The van der Waals surface area contributed by atoms with Gasteiger partial charge >= 0.3 is 0 Å². The summed E-state index contributed by atoms with van der Waals surface area (Å²) in [5, 5.41) is 13.3. The number of para-hydroxylation sites is 1. The average Bonchev–Trinajstić information content (AvgIpc) is 2.86. The Bertz CT molecular complexity index is 366. The zero-order valence-corrected chi connectivity index (χ0v) is 11.3. The van der Waals surface area contributed by atoms with Crippen LogP contribution in [0.1, 0.15) is 30.4 Å². The van der Waals surface area contributed by atoms with Crippen LogP contribution in [0.15, 0.2) is 18.2 Å². The van der Waals surface area contributed by atoms with Crippen LogP contribution >= 0.6 is 0 Å². The maximum Gasteiger partial charge on any atom is 0.125 e. The van der Waals surface area contributed by atoms with Gasteiger partial charge in [-0.3, -0.25) is 0 Å². The maximum atomic E-state index is 10.0. The van der Waals surface area contributed by atoms with Crippen LogP contribution in [-0.2, 0) is 0 Å². The number of hydrogen-bond acceptors (Lipinski definition) is 3. The van der Waals surface area contributed by atoms with Crippen molar-refractivity contribution in [3.05, 3.63) is 29.3 Å². The van der Waals surface area contributed by atoms with E-state index in [9.17, 15) is 5.11 Å². The van der Waals surface area contributed by atoms with Gasteiger partial charge in [-0.25, -0.2) is 0 Å². The summed E-state index contributed by atoms with van der Waals surface area (Å²) in [5.41, 5.74) is 2.31. The van der Waals surface area contributed by atoms with Gasteiger partial charge in [0.1, 0.15) is 5.75 Å². The minimum atomic E-state index is -0.295. The van der Waals surface area contributed by atoms with E-state index >= 15 is 0 Å². The van der Waals surface area contributed by atoms with Gasteiger partial charge in [0.15, 0.2) is 0 Å². The number of hydrogen-bond donors (Lipinski definition) is 2. The van der Waals surface area contributed by atoms with E-state index in [-0.39, 0.29) is 12.1 Å². The van der Waals surface area contributed by atoms with Gasteiger partial charge < -0.3 is 15.2 Å². The first kappa shape index (κ1) is 13.4. The summed E-state index contributed by atoms with van der Waals surface area (Å²) in [6, 6.07) is 6.40. The number of rotatable bonds is 5. The minimum Gasteiger partial charge on any atom is -0.493 e. The number of benzene rings is 1. The molecular weight excluding hydrogens is 226 g/mol. The normalized spacial score (nSPS) is 20.9. The van der Waals surface area contributed by atoms with Crippen LogP contribution in [0, 0.1) is 13.8 Å². The summed E-state index contributed by atoms with van der Waals surface area (Å²) in [4.78, 5) is 0. The van der Waals surface area contributed by atoms with Gasteiger partial charge in [0.25, 0.3) is 0 Å². The van der Waals surface area contributed by atoms with Crippen molar-refractivity contribution in [3.63, 3.8) is 0 Å². The molecule has 18 heavy (non-hydrogen) atoms. The third-order valence-corrected chi connectivity index (χ3v) is 3.63. The van der Waals surface area contributed by atoms with Crippen LogP contribution in [0.2, 0.25) is 0 Å². The lowest BCUT2D eigenvalue weighted by atomic mass is 10.1. The number of aliphatic hydroxyl groups excluding tert-OH is 1. The van der Waals surface area contributed by atoms with E-state index in [1.54, 1.807) is 0 Å². The highest BCUT2D eigenvalue weighted by Crippen LogP contribution is 2.22. The van der Waals surface area contributed by atoms with Crippen molar-refractivity contribution in [1.29, 1.82) is 0 Å². The molecular formula is C15H23NO2. The predicted octanol–water partition coefficient (Wildman–Crippen LogP) is 2.19. The molecule has 2 atom stereocenters. The number of nitrogens with one attached hydrogen (secondary N) is 1. The van der Waals surface area contributed by atoms with Crippen LogP contribution < -0.4 is 10.1 Å². The summed E-state index contributed by atoms with van der Waals surface area (Å²) in [6.45, 7) is 5.71. The molecule has 1 aromatic rings. The Labute approximate surface area is 109 Å². The third-order valence-electron chi connectivity index (χ3n) is 3.63. The lowest BCUT2D eigenvalue weighted by molar-refractivity contribution is 0.107. The highest BCUT2D eigenvalue weighted by Gasteiger charge is 2.22. The van der Waals surface area contributed by atoms with Crippen molar-refractivity contribution in [2.75, 3.05) is 13.2 Å². The summed E-state index contributed by atoms with van der Waals surface area (Å²) < 4.78 is 5.81. The van der Waals surface area contributed by atoms with Gasteiger partial charge in [0.2, 0.25) is 0 Å². The fourth-order valence-corrected chi connectivity index (χ4v) is 2.55. The van der Waals surface area contributed by atoms with E-state index in [1.165, 1.54) is 6.42 Å². The molecule has 2 rings (SSSR count). The number of aryl methyl sites for hydroxylation is 2. The molecule has 2 unspecified atom stereocenters. The highest BCUT2D eigenvalue weighted by molar-refractivity contribution is 5.39. The molecule has 1 aliphatic rings. The first-order chi connectivity index (χ1) is 8.68. The van der Waals surface area contributed by atoms with Crippen molar-refractivity contribution >= 4 is 0 Å². The van der Waals surface area contributed by atoms with E-state index in [1.807, 2.05) is 6.07 Å². The summed E-state index contributed by atoms with van der Waals surface area (Å²) in [6.07, 6.45) is 2.63. The third kappa shape index (κ3) is 3.24. The van der Waals surface area contributed by atoms with Crippen LogP contribution in [-0.4, -0.2) is 30.4 Å². The fourth-order valence-electron chi connectivity index (χ4n) is 2.55. The van der Waals surface area contributed by atoms with Crippen molar-refractivity contribution < 1.29 is 9.84 Å². The lowest BCUT2D eigenvalue weighted by Gasteiger charge is -2.19. The van der Waals surface area contributed by atoms with Gasteiger partial charge in [-0.05, 0) is 44.4 Å². The molecule has 0 spiro atoms. The molecule has 0 saturated carbocycles. The van der Waals surface area contributed by atoms with Gasteiger partial charge in [0.05, 0.1) is 12.7 Å². The predicted molar refractivity (Wildman–Crippen MR) is 73.1 cm³/mol. The van der Waals surface area contributed by atoms with Crippen molar-refractivity contribution in [2.45, 2.75) is 45.3 Å². The number of aliphatic hydroxyl groups is 1. The maximum absolute atomic E-state index is 10.0. The van der Waals surface area contributed by atoms with Gasteiger partial charge in [-0.2, -0.15) is 0 Å².